The molecule has 1 N–H and O–H groups in total. The minimum Gasteiger partial charge on any atom is -0.276 e. The van der Waals surface area contributed by atoms with Crippen molar-refractivity contribution in [3.8, 4) is 0 Å². The topological polar surface area (TPSA) is 76.4 Å². The molecular weight excluding hydrogens is 300 g/mol. The molecule has 2 heterocycles. The second-order valence-corrected chi connectivity index (χ2v) is 6.06. The van der Waals surface area contributed by atoms with Gasteiger partial charge in [0, 0.05) is 18.5 Å². The third kappa shape index (κ3) is 2.33. The first-order valence-corrected chi connectivity index (χ1v) is 7.50. The van der Waals surface area contributed by atoms with Crippen LogP contribution in [0.25, 0.3) is 5.65 Å². The molecule has 3 rings (SSSR count). The van der Waals surface area contributed by atoms with Crippen molar-refractivity contribution in [3.63, 3.8) is 0 Å². The van der Waals surface area contributed by atoms with E-state index in [2.05, 4.69) is 14.8 Å². The van der Waals surface area contributed by atoms with E-state index < -0.39 is 10.0 Å². The van der Waals surface area contributed by atoms with Gasteiger partial charge in [0.2, 0.25) is 0 Å². The fourth-order valence-electron chi connectivity index (χ4n) is 1.76. The summed E-state index contributed by atoms with van der Waals surface area (Å²) in [6, 6.07) is 9.49. The summed E-state index contributed by atoms with van der Waals surface area (Å²) in [6.07, 6.45) is 3.10. The molecule has 0 atom stereocenters. The van der Waals surface area contributed by atoms with Crippen LogP contribution in [0.3, 0.4) is 0 Å². The minimum absolute atomic E-state index is 0.164. The fraction of sp³-hybridized carbons (Fsp3) is 0. The summed E-state index contributed by atoms with van der Waals surface area (Å²) >= 11 is 5.86. The van der Waals surface area contributed by atoms with E-state index in [0.29, 0.717) is 5.65 Å². The van der Waals surface area contributed by atoms with Gasteiger partial charge in [-0.3, -0.25) is 4.72 Å². The normalized spacial score (nSPS) is 11.7. The van der Waals surface area contributed by atoms with Gasteiger partial charge in [-0.05, 0) is 12.1 Å². The van der Waals surface area contributed by atoms with Crippen molar-refractivity contribution in [3.05, 3.63) is 53.9 Å². The van der Waals surface area contributed by atoms with Gasteiger partial charge in [0.1, 0.15) is 0 Å². The van der Waals surface area contributed by atoms with Crippen molar-refractivity contribution in [2.24, 2.45) is 0 Å². The van der Waals surface area contributed by atoms with Crippen molar-refractivity contribution < 1.29 is 8.42 Å². The Bertz CT molecular complexity index is 862. The van der Waals surface area contributed by atoms with Gasteiger partial charge in [-0.1, -0.05) is 29.8 Å². The SMILES string of the molecule is O=S(=O)(Nc1cc(Cl)nn2ccnc12)c1ccccc1. The molecule has 20 heavy (non-hydrogen) atoms. The highest BCUT2D eigenvalue weighted by molar-refractivity contribution is 7.92. The molecule has 3 aromatic rings. The molecule has 0 aliphatic heterocycles. The van der Waals surface area contributed by atoms with Gasteiger partial charge in [-0.2, -0.15) is 5.10 Å². The van der Waals surface area contributed by atoms with Crippen LogP contribution in [0.4, 0.5) is 5.69 Å². The lowest BCUT2D eigenvalue weighted by molar-refractivity contribution is 0.601. The van der Waals surface area contributed by atoms with Gasteiger partial charge in [0.15, 0.2) is 10.8 Å². The number of hydrogen-bond donors (Lipinski definition) is 1. The summed E-state index contributed by atoms with van der Waals surface area (Å²) in [7, 11) is -3.69. The van der Waals surface area contributed by atoms with E-state index in [9.17, 15) is 8.42 Å². The zero-order valence-electron chi connectivity index (χ0n) is 10.1. The molecule has 0 aliphatic carbocycles. The smallest absolute Gasteiger partial charge is 0.262 e. The first-order chi connectivity index (χ1) is 9.56. The monoisotopic (exact) mass is 308 g/mol. The number of halogens is 1. The quantitative estimate of drug-likeness (QED) is 0.804. The molecule has 0 amide bonds. The zero-order valence-corrected chi connectivity index (χ0v) is 11.6. The number of benzene rings is 1. The predicted octanol–water partition coefficient (Wildman–Crippen LogP) is 2.18. The fourth-order valence-corrected chi connectivity index (χ4v) is 3.03. The third-order valence-electron chi connectivity index (χ3n) is 2.63. The van der Waals surface area contributed by atoms with E-state index in [-0.39, 0.29) is 15.7 Å². The van der Waals surface area contributed by atoms with E-state index in [1.165, 1.54) is 28.9 Å². The number of fused-ring (bicyclic) bond motifs is 1. The van der Waals surface area contributed by atoms with Gasteiger partial charge < -0.3 is 0 Å². The lowest BCUT2D eigenvalue weighted by Gasteiger charge is -2.09. The Balaban J connectivity index is 2.07. The molecule has 0 saturated heterocycles. The summed E-state index contributed by atoms with van der Waals surface area (Å²) < 4.78 is 28.4. The highest BCUT2D eigenvalue weighted by atomic mass is 35.5. The molecule has 0 spiro atoms. The van der Waals surface area contributed by atoms with E-state index in [1.807, 2.05) is 0 Å². The molecule has 2 aromatic heterocycles. The Morgan fingerprint density at radius 1 is 1.20 bits per heavy atom. The highest BCUT2D eigenvalue weighted by Crippen LogP contribution is 2.22. The van der Waals surface area contributed by atoms with Crippen LogP contribution in [0.1, 0.15) is 0 Å². The van der Waals surface area contributed by atoms with Crippen molar-refractivity contribution >= 4 is 33.0 Å². The van der Waals surface area contributed by atoms with Crippen LogP contribution in [0, 0.1) is 0 Å². The number of anilines is 1. The number of hydrogen-bond acceptors (Lipinski definition) is 4. The maximum absolute atomic E-state index is 12.3. The van der Waals surface area contributed by atoms with Gasteiger partial charge in [-0.25, -0.2) is 17.9 Å². The molecule has 1 aromatic carbocycles. The third-order valence-corrected chi connectivity index (χ3v) is 4.19. The highest BCUT2D eigenvalue weighted by Gasteiger charge is 2.16. The van der Waals surface area contributed by atoms with Crippen molar-refractivity contribution in [2.75, 3.05) is 4.72 Å². The number of nitrogens with one attached hydrogen (secondary N) is 1. The van der Waals surface area contributed by atoms with E-state index in [4.69, 9.17) is 11.6 Å². The lowest BCUT2D eigenvalue weighted by Crippen LogP contribution is -2.14. The average molecular weight is 309 g/mol. The van der Waals surface area contributed by atoms with E-state index in [0.717, 1.165) is 0 Å². The molecule has 102 valence electrons. The van der Waals surface area contributed by atoms with Crippen molar-refractivity contribution in [1.29, 1.82) is 0 Å². The molecule has 0 bridgehead atoms. The summed E-state index contributed by atoms with van der Waals surface area (Å²) in [5, 5.41) is 4.15. The number of imidazole rings is 1. The lowest BCUT2D eigenvalue weighted by atomic mass is 10.4. The molecular formula is C12H9ClN4O2S. The van der Waals surface area contributed by atoms with Crippen LogP contribution in [0.15, 0.2) is 53.7 Å². The van der Waals surface area contributed by atoms with Crippen molar-refractivity contribution in [2.45, 2.75) is 4.90 Å². The second kappa shape index (κ2) is 4.77. The Kier molecular flexibility index (Phi) is 3.07. The Morgan fingerprint density at radius 2 is 1.95 bits per heavy atom. The van der Waals surface area contributed by atoms with E-state index >= 15 is 0 Å². The minimum atomic E-state index is -3.69. The van der Waals surface area contributed by atoms with Gasteiger partial charge in [0.25, 0.3) is 10.0 Å². The second-order valence-electron chi connectivity index (χ2n) is 3.99. The van der Waals surface area contributed by atoms with Crippen LogP contribution in [-0.2, 0) is 10.0 Å². The van der Waals surface area contributed by atoms with Crippen LogP contribution < -0.4 is 4.72 Å². The van der Waals surface area contributed by atoms with Crippen molar-refractivity contribution in [1.82, 2.24) is 14.6 Å². The summed E-state index contributed by atoms with van der Waals surface area (Å²) in [6.45, 7) is 0. The Hall–Kier alpha value is -2.12. The number of sulfonamides is 1. The maximum Gasteiger partial charge on any atom is 0.262 e. The van der Waals surface area contributed by atoms with Crippen LogP contribution in [-0.4, -0.2) is 23.0 Å². The molecule has 0 fully saturated rings. The van der Waals surface area contributed by atoms with Crippen LogP contribution in [0.5, 0.6) is 0 Å². The van der Waals surface area contributed by atoms with Gasteiger partial charge >= 0.3 is 0 Å². The summed E-state index contributed by atoms with van der Waals surface area (Å²) in [4.78, 5) is 4.22. The first-order valence-electron chi connectivity index (χ1n) is 5.64. The Labute approximate surface area is 120 Å². The largest absolute Gasteiger partial charge is 0.276 e. The van der Waals surface area contributed by atoms with Crippen LogP contribution in [0.2, 0.25) is 5.15 Å². The van der Waals surface area contributed by atoms with Crippen LogP contribution >= 0.6 is 11.6 Å². The van der Waals surface area contributed by atoms with Gasteiger partial charge in [0.05, 0.1) is 10.6 Å². The predicted molar refractivity (Wildman–Crippen MR) is 75.2 cm³/mol. The summed E-state index contributed by atoms with van der Waals surface area (Å²) in [5.74, 6) is 0. The molecule has 0 radical (unpaired) electrons. The number of rotatable bonds is 3. The first kappa shape index (κ1) is 12.9. The number of aromatic nitrogens is 3. The number of nitrogens with zero attached hydrogens (tertiary/aromatic N) is 3. The molecule has 0 unspecified atom stereocenters. The summed E-state index contributed by atoms with van der Waals surface area (Å²) in [5.41, 5.74) is 0.660. The Morgan fingerprint density at radius 3 is 2.70 bits per heavy atom. The molecule has 0 saturated carbocycles. The van der Waals surface area contributed by atoms with E-state index in [1.54, 1.807) is 24.4 Å². The average Bonchev–Trinajstić information content (AvgIpc) is 2.87. The zero-order chi connectivity index (χ0) is 14.2. The van der Waals surface area contributed by atoms with Gasteiger partial charge in [-0.15, -0.1) is 0 Å². The standard InChI is InChI=1S/C12H9ClN4O2S/c13-11-8-10(12-14-6-7-17(12)15-11)16-20(18,19)9-4-2-1-3-5-9/h1-8,16H. The molecule has 0 aliphatic rings. The maximum atomic E-state index is 12.3. The molecule has 8 heteroatoms. The molecule has 6 nitrogen and oxygen atoms in total.